The second-order valence-corrected chi connectivity index (χ2v) is 6.59. The molecule has 1 amide bonds. The maximum absolute atomic E-state index is 12.2. The van der Waals surface area contributed by atoms with Crippen molar-refractivity contribution in [1.82, 2.24) is 9.88 Å². The number of aryl methyl sites for hydroxylation is 1. The zero-order valence-corrected chi connectivity index (χ0v) is 15.2. The zero-order chi connectivity index (χ0) is 18.2. The average molecular weight is 341 g/mol. The van der Waals surface area contributed by atoms with Crippen molar-refractivity contribution in [3.63, 3.8) is 0 Å². The Balaban J connectivity index is 1.98. The van der Waals surface area contributed by atoms with Crippen LogP contribution in [0.4, 0.5) is 11.4 Å². The van der Waals surface area contributed by atoms with Crippen molar-refractivity contribution in [3.8, 4) is 0 Å². The monoisotopic (exact) mass is 341 g/mol. The van der Waals surface area contributed by atoms with E-state index in [0.717, 1.165) is 24.2 Å². The minimum absolute atomic E-state index is 0.0442. The normalized spacial score (nSPS) is 10.7. The van der Waals surface area contributed by atoms with Crippen LogP contribution in [0.2, 0.25) is 0 Å². The van der Waals surface area contributed by atoms with Crippen molar-refractivity contribution in [2.75, 3.05) is 11.9 Å². The van der Waals surface area contributed by atoms with Crippen LogP contribution in [0, 0.1) is 5.92 Å². The Hall–Kier alpha value is -2.56. The van der Waals surface area contributed by atoms with E-state index >= 15 is 0 Å². The van der Waals surface area contributed by atoms with Crippen LogP contribution >= 0.6 is 0 Å². The number of carbonyl (C=O) groups excluding carboxylic acids is 1. The van der Waals surface area contributed by atoms with E-state index in [4.69, 9.17) is 0 Å². The van der Waals surface area contributed by atoms with Crippen molar-refractivity contribution in [2.24, 2.45) is 5.92 Å². The molecule has 2 aromatic rings. The highest BCUT2D eigenvalue weighted by Gasteiger charge is 2.06. The van der Waals surface area contributed by atoms with Gasteiger partial charge in [0, 0.05) is 30.2 Å². The first-order chi connectivity index (χ1) is 12.0. The summed E-state index contributed by atoms with van der Waals surface area (Å²) in [5.41, 5.74) is 2.70. The Morgan fingerprint density at radius 2 is 1.92 bits per heavy atom. The molecule has 2 N–H and O–H groups in total. The average Bonchev–Trinajstić information content (AvgIpc) is 2.57. The lowest BCUT2D eigenvalue weighted by Crippen LogP contribution is -2.32. The molecule has 0 aliphatic heterocycles. The molecule has 0 fully saturated rings. The SMILES string of the molecule is CCc1cccc(Nc2ccn(CC(=O)NCCC(C)C)c(=O)c2)c1. The lowest BCUT2D eigenvalue weighted by molar-refractivity contribution is -0.121. The molecule has 5 nitrogen and oxygen atoms in total. The van der Waals surface area contributed by atoms with E-state index in [2.05, 4.69) is 43.5 Å². The first-order valence-electron chi connectivity index (χ1n) is 8.81. The highest BCUT2D eigenvalue weighted by atomic mass is 16.2. The summed E-state index contributed by atoms with van der Waals surface area (Å²) in [5, 5.41) is 6.08. The van der Waals surface area contributed by atoms with Gasteiger partial charge >= 0.3 is 0 Å². The van der Waals surface area contributed by atoms with Gasteiger partial charge in [-0.25, -0.2) is 0 Å². The molecule has 0 aliphatic rings. The van der Waals surface area contributed by atoms with Gasteiger partial charge in [-0.1, -0.05) is 32.9 Å². The largest absolute Gasteiger partial charge is 0.355 e. The fraction of sp³-hybridized carbons (Fsp3) is 0.400. The number of aromatic nitrogens is 1. The van der Waals surface area contributed by atoms with E-state index in [1.165, 1.54) is 16.2 Å². The van der Waals surface area contributed by atoms with Crippen LogP contribution in [0.1, 0.15) is 32.8 Å². The zero-order valence-electron chi connectivity index (χ0n) is 15.2. The third kappa shape index (κ3) is 6.10. The molecular weight excluding hydrogens is 314 g/mol. The summed E-state index contributed by atoms with van der Waals surface area (Å²) in [7, 11) is 0. The Labute approximate surface area is 149 Å². The first-order valence-corrected chi connectivity index (χ1v) is 8.81. The minimum Gasteiger partial charge on any atom is -0.355 e. The van der Waals surface area contributed by atoms with Gasteiger partial charge in [0.05, 0.1) is 0 Å². The van der Waals surface area contributed by atoms with E-state index in [9.17, 15) is 9.59 Å². The van der Waals surface area contributed by atoms with Gasteiger partial charge in [0.15, 0.2) is 0 Å². The second kappa shape index (κ2) is 9.06. The molecule has 0 atom stereocenters. The Bertz CT molecular complexity index is 766. The highest BCUT2D eigenvalue weighted by Crippen LogP contribution is 2.16. The van der Waals surface area contributed by atoms with Crippen LogP contribution in [0.25, 0.3) is 0 Å². The van der Waals surface area contributed by atoms with E-state index < -0.39 is 0 Å². The third-order valence-corrected chi connectivity index (χ3v) is 3.98. The van der Waals surface area contributed by atoms with Gasteiger partial charge < -0.3 is 15.2 Å². The molecule has 1 aromatic carbocycles. The predicted molar refractivity (Wildman–Crippen MR) is 102 cm³/mol. The molecule has 0 spiro atoms. The summed E-state index contributed by atoms with van der Waals surface area (Å²) in [4.78, 5) is 24.1. The maximum Gasteiger partial charge on any atom is 0.253 e. The molecule has 0 saturated carbocycles. The summed E-state index contributed by atoms with van der Waals surface area (Å²) in [6.45, 7) is 7.00. The number of rotatable bonds is 8. The van der Waals surface area contributed by atoms with Crippen LogP contribution in [0.5, 0.6) is 0 Å². The maximum atomic E-state index is 12.2. The molecule has 0 bridgehead atoms. The van der Waals surface area contributed by atoms with Crippen LogP contribution in [-0.4, -0.2) is 17.0 Å². The molecule has 0 aliphatic carbocycles. The number of hydrogen-bond acceptors (Lipinski definition) is 3. The fourth-order valence-electron chi connectivity index (χ4n) is 2.46. The van der Waals surface area contributed by atoms with Gasteiger partial charge in [0.1, 0.15) is 6.54 Å². The van der Waals surface area contributed by atoms with Crippen LogP contribution in [-0.2, 0) is 17.8 Å². The summed E-state index contributed by atoms with van der Waals surface area (Å²) < 4.78 is 1.42. The van der Waals surface area contributed by atoms with Gasteiger partial charge in [-0.15, -0.1) is 0 Å². The van der Waals surface area contributed by atoms with Gasteiger partial charge in [0.2, 0.25) is 5.91 Å². The third-order valence-electron chi connectivity index (χ3n) is 3.98. The minimum atomic E-state index is -0.198. The number of amides is 1. The van der Waals surface area contributed by atoms with Gasteiger partial charge in [-0.3, -0.25) is 9.59 Å². The second-order valence-electron chi connectivity index (χ2n) is 6.59. The quantitative estimate of drug-likeness (QED) is 0.774. The van der Waals surface area contributed by atoms with E-state index in [1.54, 1.807) is 12.3 Å². The molecule has 1 heterocycles. The Morgan fingerprint density at radius 1 is 1.16 bits per heavy atom. The van der Waals surface area contributed by atoms with E-state index in [0.29, 0.717) is 12.5 Å². The molecule has 2 rings (SSSR count). The van der Waals surface area contributed by atoms with Crippen molar-refractivity contribution in [1.29, 1.82) is 0 Å². The van der Waals surface area contributed by atoms with Crippen LogP contribution < -0.4 is 16.2 Å². The van der Waals surface area contributed by atoms with Crippen molar-refractivity contribution >= 4 is 17.3 Å². The number of hydrogen-bond donors (Lipinski definition) is 2. The number of benzene rings is 1. The van der Waals surface area contributed by atoms with E-state index in [1.807, 2.05) is 12.1 Å². The number of pyridine rings is 1. The number of nitrogens with one attached hydrogen (secondary N) is 2. The molecular formula is C20H27N3O2. The molecule has 134 valence electrons. The topological polar surface area (TPSA) is 63.1 Å². The molecule has 25 heavy (non-hydrogen) atoms. The molecule has 1 aromatic heterocycles. The summed E-state index contributed by atoms with van der Waals surface area (Å²) in [6, 6.07) is 11.4. The number of nitrogens with zero attached hydrogens (tertiary/aromatic N) is 1. The Morgan fingerprint density at radius 3 is 2.60 bits per heavy atom. The van der Waals surface area contributed by atoms with Gasteiger partial charge in [-0.2, -0.15) is 0 Å². The van der Waals surface area contributed by atoms with Gasteiger partial charge in [-0.05, 0) is 42.5 Å². The summed E-state index contributed by atoms with van der Waals surface area (Å²) in [6.07, 6.45) is 3.54. The summed E-state index contributed by atoms with van der Waals surface area (Å²) >= 11 is 0. The van der Waals surface area contributed by atoms with Crippen molar-refractivity contribution < 1.29 is 4.79 Å². The van der Waals surface area contributed by atoms with E-state index in [-0.39, 0.29) is 18.0 Å². The van der Waals surface area contributed by atoms with Crippen molar-refractivity contribution in [2.45, 2.75) is 40.2 Å². The number of carbonyl (C=O) groups is 1. The standard InChI is InChI=1S/C20H27N3O2/c1-4-16-6-5-7-17(12-16)22-18-9-11-23(20(25)13-18)14-19(24)21-10-8-15(2)3/h5-7,9,11-13,15,22H,4,8,10,14H2,1-3H3,(H,21,24). The van der Waals surface area contributed by atoms with Crippen LogP contribution in [0.3, 0.4) is 0 Å². The lowest BCUT2D eigenvalue weighted by atomic mass is 10.1. The molecule has 0 unspecified atom stereocenters. The lowest BCUT2D eigenvalue weighted by Gasteiger charge is -2.11. The fourth-order valence-corrected chi connectivity index (χ4v) is 2.46. The number of anilines is 2. The smallest absolute Gasteiger partial charge is 0.253 e. The molecule has 0 radical (unpaired) electrons. The first kappa shape index (κ1) is 18.8. The van der Waals surface area contributed by atoms with Crippen LogP contribution in [0.15, 0.2) is 47.4 Å². The van der Waals surface area contributed by atoms with Gasteiger partial charge in [0.25, 0.3) is 5.56 Å². The molecule has 5 heteroatoms. The predicted octanol–water partition coefficient (Wildman–Crippen LogP) is 3.32. The molecule has 0 saturated heterocycles. The highest BCUT2D eigenvalue weighted by molar-refractivity contribution is 5.75. The van der Waals surface area contributed by atoms with Crippen molar-refractivity contribution in [3.05, 3.63) is 58.5 Å². The summed E-state index contributed by atoms with van der Waals surface area (Å²) in [5.74, 6) is 0.402. The Kier molecular flexibility index (Phi) is 6.81.